The molecule has 2 N–H and O–H groups in total. The van der Waals surface area contributed by atoms with Gasteiger partial charge in [0.15, 0.2) is 0 Å². The topological polar surface area (TPSA) is 49.8 Å². The van der Waals surface area contributed by atoms with Gasteiger partial charge in [0.1, 0.15) is 5.82 Å². The number of hydrogen-bond donors (Lipinski definition) is 2. The maximum Gasteiger partial charge on any atom is 0.229 e. The second kappa shape index (κ2) is 6.92. The molecule has 0 aliphatic rings. The number of aryl methyl sites for hydroxylation is 1. The largest absolute Gasteiger partial charge is 0.366 e. The molecule has 0 spiro atoms. The van der Waals surface area contributed by atoms with Crippen LogP contribution >= 0.6 is 0 Å². The Hall–Kier alpha value is -2.88. The number of hydrogen-bond acceptors (Lipinski definition) is 4. The molecule has 0 radical (unpaired) electrons. The predicted octanol–water partition coefficient (Wildman–Crippen LogP) is 4.45. The molecule has 4 nitrogen and oxygen atoms in total. The maximum absolute atomic E-state index is 4.52. The Morgan fingerprint density at radius 1 is 0.913 bits per heavy atom. The Morgan fingerprint density at radius 3 is 2.57 bits per heavy atom. The number of rotatable bonds is 5. The van der Waals surface area contributed by atoms with Crippen LogP contribution in [0, 0.1) is 13.8 Å². The van der Waals surface area contributed by atoms with E-state index in [9.17, 15) is 0 Å². The lowest BCUT2D eigenvalue weighted by Gasteiger charge is -2.11. The minimum Gasteiger partial charge on any atom is -0.366 e. The van der Waals surface area contributed by atoms with Gasteiger partial charge < -0.3 is 10.6 Å². The second-order valence-electron chi connectivity index (χ2n) is 5.48. The molecule has 0 amide bonds. The standard InChI is InChI=1S/C19H20N4/c1-14-7-6-10-17(15(14)2)22-19-20-12-11-18(23-19)21-13-16-8-4-3-5-9-16/h3-12H,13H2,1-2H3,(H2,20,21,22,23). The van der Waals surface area contributed by atoms with Crippen LogP contribution in [0.4, 0.5) is 17.5 Å². The average Bonchev–Trinajstić information content (AvgIpc) is 2.59. The quantitative estimate of drug-likeness (QED) is 0.731. The molecule has 1 aromatic heterocycles. The first-order chi connectivity index (χ1) is 11.2. The van der Waals surface area contributed by atoms with Crippen LogP contribution in [0.2, 0.25) is 0 Å². The summed E-state index contributed by atoms with van der Waals surface area (Å²) in [5.41, 5.74) is 4.70. The smallest absolute Gasteiger partial charge is 0.229 e. The van der Waals surface area contributed by atoms with Crippen LogP contribution in [-0.2, 0) is 6.54 Å². The summed E-state index contributed by atoms with van der Waals surface area (Å²) in [7, 11) is 0. The lowest BCUT2D eigenvalue weighted by atomic mass is 10.1. The second-order valence-corrected chi connectivity index (χ2v) is 5.48. The third-order valence-corrected chi connectivity index (χ3v) is 3.82. The van der Waals surface area contributed by atoms with E-state index in [4.69, 9.17) is 0 Å². The molecule has 23 heavy (non-hydrogen) atoms. The van der Waals surface area contributed by atoms with Crippen molar-refractivity contribution < 1.29 is 0 Å². The first-order valence-electron chi connectivity index (χ1n) is 7.66. The summed E-state index contributed by atoms with van der Waals surface area (Å²) in [6.45, 7) is 4.93. The molecule has 4 heteroatoms. The van der Waals surface area contributed by atoms with Crippen LogP contribution in [0.3, 0.4) is 0 Å². The Labute approximate surface area is 136 Å². The Bertz CT molecular complexity index is 784. The summed E-state index contributed by atoms with van der Waals surface area (Å²) < 4.78 is 0. The molecule has 116 valence electrons. The van der Waals surface area contributed by atoms with Crippen LogP contribution in [0.15, 0.2) is 60.8 Å². The van der Waals surface area contributed by atoms with Crippen molar-refractivity contribution in [1.29, 1.82) is 0 Å². The van der Waals surface area contributed by atoms with Gasteiger partial charge in [-0.25, -0.2) is 4.98 Å². The first-order valence-corrected chi connectivity index (χ1v) is 7.66. The van der Waals surface area contributed by atoms with Gasteiger partial charge in [-0.1, -0.05) is 42.5 Å². The van der Waals surface area contributed by atoms with E-state index in [1.165, 1.54) is 16.7 Å². The molecule has 0 aliphatic carbocycles. The van der Waals surface area contributed by atoms with Crippen LogP contribution in [0.25, 0.3) is 0 Å². The fourth-order valence-electron chi connectivity index (χ4n) is 2.31. The van der Waals surface area contributed by atoms with E-state index >= 15 is 0 Å². The van der Waals surface area contributed by atoms with Crippen molar-refractivity contribution in [2.24, 2.45) is 0 Å². The molecule has 1 heterocycles. The van der Waals surface area contributed by atoms with Crippen molar-refractivity contribution in [3.8, 4) is 0 Å². The molecule has 3 rings (SSSR count). The summed E-state index contributed by atoms with van der Waals surface area (Å²) in [5, 5.41) is 6.61. The molecule has 2 aromatic carbocycles. The minimum absolute atomic E-state index is 0.594. The van der Waals surface area contributed by atoms with Gasteiger partial charge >= 0.3 is 0 Å². The molecular formula is C19H20N4. The molecule has 0 fully saturated rings. The molecule has 0 unspecified atom stereocenters. The molecule has 0 saturated heterocycles. The van der Waals surface area contributed by atoms with Crippen molar-refractivity contribution in [3.05, 3.63) is 77.5 Å². The molecule has 0 atom stereocenters. The van der Waals surface area contributed by atoms with E-state index in [-0.39, 0.29) is 0 Å². The summed E-state index contributed by atoms with van der Waals surface area (Å²) in [4.78, 5) is 8.82. The highest BCUT2D eigenvalue weighted by Gasteiger charge is 2.04. The van der Waals surface area contributed by atoms with Gasteiger partial charge in [0.2, 0.25) is 5.95 Å². The number of anilines is 3. The highest BCUT2D eigenvalue weighted by Crippen LogP contribution is 2.21. The van der Waals surface area contributed by atoms with Crippen molar-refractivity contribution in [3.63, 3.8) is 0 Å². The fraction of sp³-hybridized carbons (Fsp3) is 0.158. The van der Waals surface area contributed by atoms with Crippen LogP contribution in [0.1, 0.15) is 16.7 Å². The third kappa shape index (κ3) is 3.86. The zero-order valence-corrected chi connectivity index (χ0v) is 13.4. The summed E-state index contributed by atoms with van der Waals surface area (Å²) in [6.07, 6.45) is 1.76. The fourth-order valence-corrected chi connectivity index (χ4v) is 2.31. The summed E-state index contributed by atoms with van der Waals surface area (Å²) >= 11 is 0. The Kier molecular flexibility index (Phi) is 4.52. The molecular weight excluding hydrogens is 284 g/mol. The highest BCUT2D eigenvalue weighted by atomic mass is 15.1. The van der Waals surface area contributed by atoms with Crippen molar-refractivity contribution in [1.82, 2.24) is 9.97 Å². The van der Waals surface area contributed by atoms with E-state index in [2.05, 4.69) is 52.6 Å². The normalized spacial score (nSPS) is 10.3. The van der Waals surface area contributed by atoms with Gasteiger partial charge in [0.05, 0.1) is 0 Å². The minimum atomic E-state index is 0.594. The van der Waals surface area contributed by atoms with Crippen molar-refractivity contribution in [2.45, 2.75) is 20.4 Å². The molecule has 0 aliphatic heterocycles. The molecule has 0 bridgehead atoms. The maximum atomic E-state index is 4.52. The highest BCUT2D eigenvalue weighted by molar-refractivity contribution is 5.60. The summed E-state index contributed by atoms with van der Waals surface area (Å²) in [6, 6.07) is 18.3. The lowest BCUT2D eigenvalue weighted by molar-refractivity contribution is 1.08. The van der Waals surface area contributed by atoms with Gasteiger partial charge in [-0.15, -0.1) is 0 Å². The van der Waals surface area contributed by atoms with Gasteiger partial charge in [-0.3, -0.25) is 0 Å². The Balaban J connectivity index is 1.71. The monoisotopic (exact) mass is 304 g/mol. The van der Waals surface area contributed by atoms with Crippen LogP contribution in [0.5, 0.6) is 0 Å². The van der Waals surface area contributed by atoms with Gasteiger partial charge in [-0.05, 0) is 42.7 Å². The van der Waals surface area contributed by atoms with E-state index in [0.29, 0.717) is 5.95 Å². The van der Waals surface area contributed by atoms with E-state index < -0.39 is 0 Å². The van der Waals surface area contributed by atoms with Crippen LogP contribution in [-0.4, -0.2) is 9.97 Å². The number of nitrogens with one attached hydrogen (secondary N) is 2. The van der Waals surface area contributed by atoms with E-state index in [0.717, 1.165) is 18.1 Å². The lowest BCUT2D eigenvalue weighted by Crippen LogP contribution is -2.04. The number of nitrogens with zero attached hydrogens (tertiary/aromatic N) is 2. The predicted molar refractivity (Wildman–Crippen MR) is 95.0 cm³/mol. The SMILES string of the molecule is Cc1cccc(Nc2nccc(NCc3ccccc3)n2)c1C. The van der Waals surface area contributed by atoms with Gasteiger partial charge in [0, 0.05) is 18.4 Å². The zero-order chi connectivity index (χ0) is 16.1. The molecule has 0 saturated carbocycles. The van der Waals surface area contributed by atoms with Gasteiger partial charge in [0.25, 0.3) is 0 Å². The number of benzene rings is 2. The van der Waals surface area contributed by atoms with Crippen molar-refractivity contribution >= 4 is 17.5 Å². The average molecular weight is 304 g/mol. The number of aromatic nitrogens is 2. The molecule has 3 aromatic rings. The first kappa shape index (κ1) is 15.0. The van der Waals surface area contributed by atoms with Crippen LogP contribution < -0.4 is 10.6 Å². The van der Waals surface area contributed by atoms with Gasteiger partial charge in [-0.2, -0.15) is 4.98 Å². The van der Waals surface area contributed by atoms with E-state index in [1.807, 2.05) is 36.4 Å². The summed E-state index contributed by atoms with van der Waals surface area (Å²) in [5.74, 6) is 1.40. The zero-order valence-electron chi connectivity index (χ0n) is 13.4. The third-order valence-electron chi connectivity index (χ3n) is 3.82. The Morgan fingerprint density at radius 2 is 1.74 bits per heavy atom. The van der Waals surface area contributed by atoms with Crippen molar-refractivity contribution in [2.75, 3.05) is 10.6 Å². The van der Waals surface area contributed by atoms with E-state index in [1.54, 1.807) is 6.20 Å².